The molecule has 1 heterocycles. The van der Waals surface area contributed by atoms with Crippen molar-refractivity contribution in [3.8, 4) is 11.8 Å². The van der Waals surface area contributed by atoms with E-state index in [2.05, 4.69) is 27.2 Å². The van der Waals surface area contributed by atoms with Crippen molar-refractivity contribution in [3.05, 3.63) is 184 Å². The molecule has 0 radical (unpaired) electrons. The van der Waals surface area contributed by atoms with Crippen LogP contribution in [0.15, 0.2) is 157 Å². The van der Waals surface area contributed by atoms with E-state index in [1.54, 1.807) is 20.8 Å². The molecule has 0 spiro atoms. The fourth-order valence-corrected chi connectivity index (χ4v) is 9.05. The van der Waals surface area contributed by atoms with Gasteiger partial charge in [-0.2, -0.15) is 0 Å². The van der Waals surface area contributed by atoms with E-state index in [4.69, 9.17) is 4.74 Å². The quantitative estimate of drug-likeness (QED) is 0.0231. The molecule has 1 amide bonds. The van der Waals surface area contributed by atoms with Gasteiger partial charge in [0.05, 0.1) is 0 Å². The van der Waals surface area contributed by atoms with Crippen LogP contribution in [0.3, 0.4) is 0 Å². The molecule has 0 aromatic heterocycles. The van der Waals surface area contributed by atoms with Crippen LogP contribution in [0.2, 0.25) is 0 Å². The summed E-state index contributed by atoms with van der Waals surface area (Å²) >= 11 is -0.721. The van der Waals surface area contributed by atoms with E-state index in [0.717, 1.165) is 26.7 Å². The van der Waals surface area contributed by atoms with Crippen LogP contribution in [0.1, 0.15) is 49.4 Å². The van der Waals surface area contributed by atoms with Gasteiger partial charge in [-0.25, -0.2) is 0 Å². The Bertz CT molecular complexity index is 2000. The van der Waals surface area contributed by atoms with Gasteiger partial charge < -0.3 is 0 Å². The van der Waals surface area contributed by atoms with Gasteiger partial charge in [-0.05, 0) is 0 Å². The predicted octanol–water partition coefficient (Wildman–Crippen LogP) is 6.92. The average Bonchev–Trinajstić information content (AvgIpc) is 3.16. The molecule has 1 fully saturated rings. The molecule has 1 saturated heterocycles. The Morgan fingerprint density at radius 1 is 0.788 bits per heavy atom. The summed E-state index contributed by atoms with van der Waals surface area (Å²) in [6.07, 6.45) is -1.13. The van der Waals surface area contributed by atoms with Crippen molar-refractivity contribution in [1.29, 1.82) is 0 Å². The van der Waals surface area contributed by atoms with Crippen LogP contribution in [0.5, 0.6) is 0 Å². The number of β-lactam (4-membered cyclic amide) rings is 1. The molecule has 0 saturated carbocycles. The predicted molar refractivity (Wildman–Crippen MR) is 204 cm³/mol. The normalized spacial score (nSPS) is 16.7. The summed E-state index contributed by atoms with van der Waals surface area (Å²) in [5, 5.41) is 7.94. The summed E-state index contributed by atoms with van der Waals surface area (Å²) in [5.41, 5.74) is 11.6. The number of carbonyl (C=O) groups excluding carboxylic acids is 2. The molecule has 6 rings (SSSR count). The number of nitrogens with zero attached hydrogens (tertiary/aromatic N) is 4. The molecule has 52 heavy (non-hydrogen) atoms. The molecule has 1 N–H and O–H groups in total. The van der Waals surface area contributed by atoms with E-state index in [-0.39, 0.29) is 6.42 Å². The first-order valence-electron chi connectivity index (χ1n) is 17.0. The third-order valence-electron chi connectivity index (χ3n) is 8.70. The summed E-state index contributed by atoms with van der Waals surface area (Å²) in [4.78, 5) is 34.3. The molecule has 1 unspecified atom stereocenters. The molecule has 0 bridgehead atoms. The van der Waals surface area contributed by atoms with Gasteiger partial charge in [0.1, 0.15) is 0 Å². The second kappa shape index (κ2) is 15.7. The van der Waals surface area contributed by atoms with Crippen molar-refractivity contribution < 1.29 is 14.3 Å². The number of benzene rings is 5. The van der Waals surface area contributed by atoms with Crippen molar-refractivity contribution in [1.82, 2.24) is 10.2 Å². The zero-order valence-electron chi connectivity index (χ0n) is 29.2. The molecular weight excluding hydrogens is 713 g/mol. The topological polar surface area (TPSA) is 107 Å². The van der Waals surface area contributed by atoms with E-state index >= 15 is 0 Å². The van der Waals surface area contributed by atoms with Gasteiger partial charge in [-0.15, -0.1) is 0 Å². The van der Waals surface area contributed by atoms with Crippen molar-refractivity contribution in [3.63, 3.8) is 0 Å². The summed E-state index contributed by atoms with van der Waals surface area (Å²) < 4.78 is 5.40. The number of nitrogens with one attached hydrogen (secondary N) is 1. The van der Waals surface area contributed by atoms with Gasteiger partial charge in [-0.1, -0.05) is 0 Å². The van der Waals surface area contributed by atoms with E-state index < -0.39 is 54.6 Å². The van der Waals surface area contributed by atoms with Crippen LogP contribution in [0.25, 0.3) is 10.4 Å². The zero-order valence-corrected chi connectivity index (χ0v) is 30.9. The fourth-order valence-electron chi connectivity index (χ4n) is 6.43. The van der Waals surface area contributed by atoms with E-state index in [1.807, 2.05) is 152 Å². The second-order valence-corrected chi connectivity index (χ2v) is 16.2. The first-order valence-corrected chi connectivity index (χ1v) is 18.7. The summed E-state index contributed by atoms with van der Waals surface area (Å²) in [6, 6.07) is 47.7. The fraction of sp³-hybridized carbons (Fsp3) is 0.209. The Labute approximate surface area is 311 Å². The minimum absolute atomic E-state index is 0.0389. The molecule has 1 aliphatic heterocycles. The van der Waals surface area contributed by atoms with Crippen LogP contribution in [0.4, 0.5) is 0 Å². The summed E-state index contributed by atoms with van der Waals surface area (Å²) in [5.74, 6) is 5.40. The zero-order chi connectivity index (χ0) is 36.6. The van der Waals surface area contributed by atoms with Crippen molar-refractivity contribution in [2.45, 2.75) is 55.0 Å². The van der Waals surface area contributed by atoms with Gasteiger partial charge in [0.2, 0.25) is 0 Å². The Morgan fingerprint density at radius 2 is 1.25 bits per heavy atom. The van der Waals surface area contributed by atoms with Crippen LogP contribution in [0, 0.1) is 11.8 Å². The van der Waals surface area contributed by atoms with Crippen LogP contribution in [-0.2, 0) is 19.9 Å². The van der Waals surface area contributed by atoms with Crippen LogP contribution < -0.4 is 9.78 Å². The van der Waals surface area contributed by atoms with Gasteiger partial charge in [0, 0.05) is 0 Å². The van der Waals surface area contributed by atoms with Crippen molar-refractivity contribution in [2.24, 2.45) is 5.11 Å². The molecular formula is C43H39N5O3Se. The van der Waals surface area contributed by atoms with E-state index in [1.165, 1.54) is 4.90 Å². The molecule has 1 aliphatic rings. The Hall–Kier alpha value is -5.61. The molecule has 9 heteroatoms. The minimum atomic E-state index is -1.58. The molecule has 3 atom stereocenters. The number of carbonyl (C=O) groups is 2. The number of amides is 1. The summed E-state index contributed by atoms with van der Waals surface area (Å²) in [6.45, 7) is 5.38. The number of esters is 1. The maximum absolute atomic E-state index is 15.0. The molecule has 8 nitrogen and oxygen atoms in total. The summed E-state index contributed by atoms with van der Waals surface area (Å²) in [7, 11) is 0. The number of hydrogen-bond donors (Lipinski definition) is 1. The van der Waals surface area contributed by atoms with Gasteiger partial charge >= 0.3 is 312 Å². The number of hydrogen-bond acceptors (Lipinski definition) is 5. The number of likely N-dealkylation sites (tertiary alicyclic amines) is 1. The Morgan fingerprint density at radius 3 is 1.71 bits per heavy atom. The Kier molecular flexibility index (Phi) is 11.0. The SMILES string of the molecule is CC(C)(C)OC(=O)C(CC#Cc1ccccc1)([Se]c1ccccc1)N1C(=O)[C@@H](NC(c2ccccc2)(c2ccccc2)c2ccccc2)[C@H]1N=[N+]=[N-]. The van der Waals surface area contributed by atoms with E-state index in [0.29, 0.717) is 0 Å². The van der Waals surface area contributed by atoms with Crippen molar-refractivity contribution >= 4 is 31.3 Å². The number of azide groups is 1. The molecule has 0 aliphatic carbocycles. The number of ether oxygens (including phenoxy) is 1. The standard InChI is InChI=1S/C43H39N5O3Se/c1-41(2,3)51-40(50)42(52-36-29-17-8-18-30-36,31-19-22-32-20-9-4-10-21-32)48-38(46-47-44)37(39(48)49)45-43(33-23-11-5-12-24-33,34-25-13-6-14-26-34)35-27-15-7-16-28-35/h4-18,20-21,23-30,37-38,45H,31H2,1-3H3/t37-,38-,42?/m0/s1. The van der Waals surface area contributed by atoms with Crippen molar-refractivity contribution in [2.75, 3.05) is 0 Å². The van der Waals surface area contributed by atoms with Gasteiger partial charge in [0.25, 0.3) is 0 Å². The van der Waals surface area contributed by atoms with Crippen LogP contribution in [-0.4, -0.2) is 54.0 Å². The second-order valence-electron chi connectivity index (χ2n) is 13.3. The van der Waals surface area contributed by atoms with Crippen LogP contribution >= 0.6 is 0 Å². The average molecular weight is 753 g/mol. The van der Waals surface area contributed by atoms with E-state index in [9.17, 15) is 15.1 Å². The maximum atomic E-state index is 15.0. The van der Waals surface area contributed by atoms with Gasteiger partial charge in [-0.3, -0.25) is 0 Å². The first-order chi connectivity index (χ1) is 25.2. The third-order valence-corrected chi connectivity index (χ3v) is 11.5. The third kappa shape index (κ3) is 7.52. The first kappa shape index (κ1) is 36.2. The molecule has 5 aromatic carbocycles. The number of rotatable bonds is 11. The van der Waals surface area contributed by atoms with Gasteiger partial charge in [0.15, 0.2) is 0 Å². The molecule has 5 aromatic rings. The Balaban J connectivity index is 1.51. The molecule has 260 valence electrons. The monoisotopic (exact) mass is 753 g/mol.